The number of nitrogen functional groups attached to an aromatic ring is 1. The third-order valence-electron chi connectivity index (χ3n) is 4.20. The van der Waals surface area contributed by atoms with E-state index in [9.17, 15) is 5.11 Å². The summed E-state index contributed by atoms with van der Waals surface area (Å²) in [5.74, 6) is 1.49. The summed E-state index contributed by atoms with van der Waals surface area (Å²) in [4.78, 5) is 13.6. The Labute approximate surface area is 170 Å². The molecular formula is C20H19N5OS2. The molecule has 6 nitrogen and oxygen atoms in total. The minimum absolute atomic E-state index is 0.00270. The van der Waals surface area contributed by atoms with Gasteiger partial charge in [-0.2, -0.15) is 0 Å². The number of thioether (sulfide) groups is 1. The van der Waals surface area contributed by atoms with Crippen LogP contribution in [-0.4, -0.2) is 20.1 Å². The van der Waals surface area contributed by atoms with Gasteiger partial charge in [0.1, 0.15) is 4.70 Å². The van der Waals surface area contributed by atoms with Crippen molar-refractivity contribution in [3.05, 3.63) is 71.3 Å². The molecule has 4 N–H and O–H groups in total. The lowest BCUT2D eigenvalue weighted by Crippen LogP contribution is -2.05. The van der Waals surface area contributed by atoms with Gasteiger partial charge in [-0.25, -0.2) is 15.0 Å². The standard InChI is InChI=1S/C20H19N5OS2/c21-19-23-18-16(28-19)17(22-10-14-8-4-5-9-15(14)11-26)24-20(25-18)27-12-13-6-2-1-3-7-13/h1-9,26H,10-12H2,(H3,21,22,23,24,25). The van der Waals surface area contributed by atoms with Gasteiger partial charge in [0.05, 0.1) is 6.61 Å². The molecule has 0 radical (unpaired) electrons. The Balaban J connectivity index is 1.59. The lowest BCUT2D eigenvalue weighted by molar-refractivity contribution is 0.280. The molecule has 8 heteroatoms. The predicted octanol–water partition coefficient (Wildman–Crippen LogP) is 4.07. The topological polar surface area (TPSA) is 97.0 Å². The van der Waals surface area contributed by atoms with Crippen molar-refractivity contribution in [2.24, 2.45) is 0 Å². The van der Waals surface area contributed by atoms with Crippen molar-refractivity contribution >= 4 is 44.4 Å². The second-order valence-corrected chi connectivity index (χ2v) is 8.09. The highest BCUT2D eigenvalue weighted by Crippen LogP contribution is 2.31. The van der Waals surface area contributed by atoms with Gasteiger partial charge in [0.2, 0.25) is 0 Å². The molecule has 2 heterocycles. The first kappa shape index (κ1) is 18.7. The number of fused-ring (bicyclic) bond motifs is 1. The summed E-state index contributed by atoms with van der Waals surface area (Å²) in [6, 6.07) is 18.0. The molecule has 142 valence electrons. The molecule has 0 spiro atoms. The molecule has 0 saturated carbocycles. The Bertz CT molecular complexity index is 1080. The van der Waals surface area contributed by atoms with Gasteiger partial charge in [-0.1, -0.05) is 77.7 Å². The van der Waals surface area contributed by atoms with Crippen molar-refractivity contribution in [1.29, 1.82) is 0 Å². The van der Waals surface area contributed by atoms with Crippen molar-refractivity contribution in [3.8, 4) is 0 Å². The van der Waals surface area contributed by atoms with E-state index in [4.69, 9.17) is 10.7 Å². The maximum absolute atomic E-state index is 9.53. The fourth-order valence-corrected chi connectivity index (χ4v) is 4.32. The molecule has 0 fully saturated rings. The molecule has 28 heavy (non-hydrogen) atoms. The molecule has 2 aromatic carbocycles. The Morgan fingerprint density at radius 3 is 2.50 bits per heavy atom. The summed E-state index contributed by atoms with van der Waals surface area (Å²) in [6.45, 7) is 0.548. The molecule has 0 saturated heterocycles. The number of hydrogen-bond donors (Lipinski definition) is 3. The Morgan fingerprint density at radius 2 is 1.71 bits per heavy atom. The number of nitrogens with zero attached hydrogens (tertiary/aromatic N) is 3. The van der Waals surface area contributed by atoms with Crippen LogP contribution in [-0.2, 0) is 18.9 Å². The van der Waals surface area contributed by atoms with Gasteiger partial charge in [-0.15, -0.1) is 0 Å². The maximum atomic E-state index is 9.53. The van der Waals surface area contributed by atoms with E-state index < -0.39 is 0 Å². The highest BCUT2D eigenvalue weighted by molar-refractivity contribution is 7.98. The van der Waals surface area contributed by atoms with Crippen LogP contribution in [0, 0.1) is 0 Å². The summed E-state index contributed by atoms with van der Waals surface area (Å²) in [6.07, 6.45) is 0. The minimum Gasteiger partial charge on any atom is -0.392 e. The molecule has 0 atom stereocenters. The Hall–Kier alpha value is -2.68. The number of thiazole rings is 1. The van der Waals surface area contributed by atoms with Gasteiger partial charge < -0.3 is 16.2 Å². The largest absolute Gasteiger partial charge is 0.392 e. The lowest BCUT2D eigenvalue weighted by Gasteiger charge is -2.10. The fraction of sp³-hybridized carbons (Fsp3) is 0.150. The predicted molar refractivity (Wildman–Crippen MR) is 115 cm³/mol. The van der Waals surface area contributed by atoms with Gasteiger partial charge in [0, 0.05) is 12.3 Å². The maximum Gasteiger partial charge on any atom is 0.191 e. The number of rotatable bonds is 7. The van der Waals surface area contributed by atoms with Gasteiger partial charge in [0.25, 0.3) is 0 Å². The van der Waals surface area contributed by atoms with E-state index in [1.807, 2.05) is 42.5 Å². The van der Waals surface area contributed by atoms with Gasteiger partial charge >= 0.3 is 0 Å². The van der Waals surface area contributed by atoms with Gasteiger partial charge in [0.15, 0.2) is 21.8 Å². The first-order valence-corrected chi connectivity index (χ1v) is 10.6. The average Bonchev–Trinajstić information content (AvgIpc) is 3.11. The molecular weight excluding hydrogens is 390 g/mol. The lowest BCUT2D eigenvalue weighted by atomic mass is 10.1. The average molecular weight is 410 g/mol. The number of aromatic nitrogens is 3. The van der Waals surface area contributed by atoms with E-state index in [2.05, 4.69) is 27.4 Å². The van der Waals surface area contributed by atoms with E-state index in [0.29, 0.717) is 28.3 Å². The molecule has 2 aromatic heterocycles. The fourth-order valence-electron chi connectivity index (χ4n) is 2.79. The van der Waals surface area contributed by atoms with Crippen LogP contribution in [0.15, 0.2) is 59.8 Å². The monoisotopic (exact) mass is 409 g/mol. The zero-order valence-corrected chi connectivity index (χ0v) is 16.6. The minimum atomic E-state index is 0.00270. The molecule has 0 aliphatic carbocycles. The van der Waals surface area contributed by atoms with Crippen LogP contribution in [0.5, 0.6) is 0 Å². The van der Waals surface area contributed by atoms with Gasteiger partial charge in [-0.3, -0.25) is 0 Å². The van der Waals surface area contributed by atoms with Crippen LogP contribution >= 0.6 is 23.1 Å². The van der Waals surface area contributed by atoms with Crippen molar-refractivity contribution in [1.82, 2.24) is 15.0 Å². The molecule has 4 rings (SSSR count). The van der Waals surface area contributed by atoms with Crippen LogP contribution in [0.4, 0.5) is 10.9 Å². The molecule has 4 aromatic rings. The number of aliphatic hydroxyl groups excluding tert-OH is 1. The zero-order valence-electron chi connectivity index (χ0n) is 15.0. The van der Waals surface area contributed by atoms with Crippen molar-refractivity contribution in [2.75, 3.05) is 11.1 Å². The zero-order chi connectivity index (χ0) is 19.3. The number of benzene rings is 2. The summed E-state index contributed by atoms with van der Waals surface area (Å²) < 4.78 is 0.836. The van der Waals surface area contributed by atoms with E-state index in [1.165, 1.54) is 16.9 Å². The molecule has 0 amide bonds. The summed E-state index contributed by atoms with van der Waals surface area (Å²) in [7, 11) is 0. The summed E-state index contributed by atoms with van der Waals surface area (Å²) in [5, 5.41) is 14.0. The number of nitrogens with one attached hydrogen (secondary N) is 1. The Morgan fingerprint density at radius 1 is 0.964 bits per heavy atom. The SMILES string of the molecule is Nc1nc2nc(SCc3ccccc3)nc(NCc3ccccc3CO)c2s1. The summed E-state index contributed by atoms with van der Waals surface area (Å²) >= 11 is 2.93. The highest BCUT2D eigenvalue weighted by atomic mass is 32.2. The number of anilines is 2. The van der Waals surface area contributed by atoms with Gasteiger partial charge in [-0.05, 0) is 16.7 Å². The van der Waals surface area contributed by atoms with Crippen LogP contribution in [0.1, 0.15) is 16.7 Å². The van der Waals surface area contributed by atoms with E-state index in [1.54, 1.807) is 11.8 Å². The molecule has 0 aliphatic heterocycles. The smallest absolute Gasteiger partial charge is 0.191 e. The number of aliphatic hydroxyl groups is 1. The van der Waals surface area contributed by atoms with E-state index in [-0.39, 0.29) is 6.61 Å². The normalized spacial score (nSPS) is 11.0. The summed E-state index contributed by atoms with van der Waals surface area (Å²) in [5.41, 5.74) is 9.62. The first-order chi connectivity index (χ1) is 13.7. The molecule has 0 unspecified atom stereocenters. The first-order valence-electron chi connectivity index (χ1n) is 8.75. The van der Waals surface area contributed by atoms with Crippen LogP contribution in [0.2, 0.25) is 0 Å². The Kier molecular flexibility index (Phi) is 5.70. The highest BCUT2D eigenvalue weighted by Gasteiger charge is 2.13. The van der Waals surface area contributed by atoms with Crippen molar-refractivity contribution in [3.63, 3.8) is 0 Å². The number of nitrogens with two attached hydrogens (primary N) is 1. The van der Waals surface area contributed by atoms with Crippen molar-refractivity contribution in [2.45, 2.75) is 24.1 Å². The quantitative estimate of drug-likeness (QED) is 0.313. The van der Waals surface area contributed by atoms with Crippen LogP contribution < -0.4 is 11.1 Å². The van der Waals surface area contributed by atoms with Crippen LogP contribution in [0.3, 0.4) is 0 Å². The second kappa shape index (κ2) is 8.55. The second-order valence-electron chi connectivity index (χ2n) is 6.11. The molecule has 0 bridgehead atoms. The third-order valence-corrected chi connectivity index (χ3v) is 5.99. The van der Waals surface area contributed by atoms with Crippen LogP contribution in [0.25, 0.3) is 10.3 Å². The molecule has 0 aliphatic rings. The number of hydrogen-bond acceptors (Lipinski definition) is 8. The van der Waals surface area contributed by atoms with Crippen molar-refractivity contribution < 1.29 is 5.11 Å². The third kappa shape index (κ3) is 4.24. The van der Waals surface area contributed by atoms with E-state index in [0.717, 1.165) is 21.6 Å². The van der Waals surface area contributed by atoms with E-state index >= 15 is 0 Å².